The zero-order valence-electron chi connectivity index (χ0n) is 11.1. The van der Waals surface area contributed by atoms with Gasteiger partial charge in [0.2, 0.25) is 5.91 Å². The first-order valence-corrected chi connectivity index (χ1v) is 5.82. The van der Waals surface area contributed by atoms with Crippen LogP contribution in [0.3, 0.4) is 0 Å². The molecule has 0 spiro atoms. The van der Waals surface area contributed by atoms with Gasteiger partial charge in [0, 0.05) is 6.92 Å². The third kappa shape index (κ3) is 5.61. The molecule has 0 aliphatic rings. The molecule has 0 rings (SSSR count). The van der Waals surface area contributed by atoms with E-state index >= 15 is 0 Å². The number of aliphatic carboxylic acids is 1. The van der Waals surface area contributed by atoms with Crippen molar-refractivity contribution in [2.75, 3.05) is 6.61 Å². The van der Waals surface area contributed by atoms with E-state index in [2.05, 4.69) is 5.32 Å². The molecular weight excluding hydrogens is 274 g/mol. The normalized spacial score (nSPS) is 18.4. The Hall–Kier alpha value is -1.55. The average Bonchev–Trinajstić information content (AvgIpc) is 2.39. The van der Waals surface area contributed by atoms with Crippen LogP contribution in [0.5, 0.6) is 0 Å². The number of aldehydes is 1. The Labute approximate surface area is 115 Å². The van der Waals surface area contributed by atoms with E-state index in [4.69, 9.17) is 14.9 Å². The summed E-state index contributed by atoms with van der Waals surface area (Å²) in [5, 5.41) is 38.8. The molecule has 0 radical (unpaired) electrons. The molecule has 0 heterocycles. The molecule has 0 aromatic carbocycles. The number of hydrogen-bond acceptors (Lipinski definition) is 7. The number of carboxylic acids is 1. The van der Waals surface area contributed by atoms with Gasteiger partial charge in [-0.15, -0.1) is 0 Å². The van der Waals surface area contributed by atoms with E-state index in [-0.39, 0.29) is 6.29 Å². The number of rotatable bonds is 9. The molecule has 1 amide bonds. The monoisotopic (exact) mass is 293 g/mol. The molecule has 116 valence electrons. The van der Waals surface area contributed by atoms with Crippen molar-refractivity contribution in [2.24, 2.45) is 0 Å². The van der Waals surface area contributed by atoms with Crippen molar-refractivity contribution in [1.82, 2.24) is 5.32 Å². The van der Waals surface area contributed by atoms with E-state index in [1.165, 1.54) is 0 Å². The van der Waals surface area contributed by atoms with Crippen LogP contribution in [0.2, 0.25) is 0 Å². The molecule has 9 heteroatoms. The minimum atomic E-state index is -1.76. The van der Waals surface area contributed by atoms with Crippen molar-refractivity contribution < 1.29 is 39.5 Å². The van der Waals surface area contributed by atoms with E-state index in [1.807, 2.05) is 0 Å². The first-order valence-electron chi connectivity index (χ1n) is 5.82. The number of nitrogens with one attached hydrogen (secondary N) is 1. The van der Waals surface area contributed by atoms with Crippen LogP contribution in [0.4, 0.5) is 0 Å². The zero-order valence-corrected chi connectivity index (χ0v) is 11.1. The van der Waals surface area contributed by atoms with Crippen molar-refractivity contribution in [3.8, 4) is 0 Å². The molecule has 0 bridgehead atoms. The average molecular weight is 293 g/mol. The lowest BCUT2D eigenvalue weighted by Gasteiger charge is -2.31. The lowest BCUT2D eigenvalue weighted by Crippen LogP contribution is -2.55. The van der Waals surface area contributed by atoms with E-state index in [0.717, 1.165) is 13.8 Å². The van der Waals surface area contributed by atoms with Gasteiger partial charge >= 0.3 is 5.97 Å². The summed E-state index contributed by atoms with van der Waals surface area (Å²) in [7, 11) is 0. The van der Waals surface area contributed by atoms with E-state index < -0.39 is 48.9 Å². The standard InChI is InChI=1S/C11H19NO8/c1-5(11(18)19)20-10(9(17)8(16)4-14)7(3-13)12-6(2)15/h3,5,7-10,14,16-17H,4H2,1-2H3,(H,12,15)(H,18,19)/t5-,7-,8-,9+,10+/m1/s1. The second kappa shape index (κ2) is 8.59. The van der Waals surface area contributed by atoms with Crippen LogP contribution in [0.15, 0.2) is 0 Å². The third-order valence-electron chi connectivity index (χ3n) is 2.50. The van der Waals surface area contributed by atoms with Gasteiger partial charge in [0.05, 0.1) is 6.61 Å². The van der Waals surface area contributed by atoms with Crippen LogP contribution in [0.25, 0.3) is 0 Å². The third-order valence-corrected chi connectivity index (χ3v) is 2.50. The summed E-state index contributed by atoms with van der Waals surface area (Å²) in [5.74, 6) is -1.96. The molecule has 0 aromatic heterocycles. The highest BCUT2D eigenvalue weighted by Gasteiger charge is 2.36. The first-order chi connectivity index (χ1) is 9.24. The number of carbonyl (C=O) groups excluding carboxylic acids is 2. The second-order valence-corrected chi connectivity index (χ2v) is 4.18. The fraction of sp³-hybridized carbons (Fsp3) is 0.727. The van der Waals surface area contributed by atoms with Gasteiger partial charge in [0.15, 0.2) is 6.10 Å². The van der Waals surface area contributed by atoms with Crippen LogP contribution in [0, 0.1) is 0 Å². The smallest absolute Gasteiger partial charge is 0.332 e. The predicted molar refractivity (Wildman–Crippen MR) is 64.7 cm³/mol. The minimum absolute atomic E-state index is 0.244. The van der Waals surface area contributed by atoms with Crippen LogP contribution in [0.1, 0.15) is 13.8 Å². The van der Waals surface area contributed by atoms with Crippen LogP contribution < -0.4 is 5.32 Å². The molecule has 0 aromatic rings. The summed E-state index contributed by atoms with van der Waals surface area (Å²) < 4.78 is 4.98. The minimum Gasteiger partial charge on any atom is -0.479 e. The van der Waals surface area contributed by atoms with Gasteiger partial charge in [-0.3, -0.25) is 4.79 Å². The molecule has 5 N–H and O–H groups in total. The molecule has 0 saturated carbocycles. The summed E-state index contributed by atoms with van der Waals surface area (Å²) in [5.41, 5.74) is 0. The maximum absolute atomic E-state index is 11.0. The van der Waals surface area contributed by atoms with Gasteiger partial charge in [0.1, 0.15) is 30.6 Å². The molecule has 0 saturated heterocycles. The number of carbonyl (C=O) groups is 3. The van der Waals surface area contributed by atoms with Gasteiger partial charge in [0.25, 0.3) is 0 Å². The summed E-state index contributed by atoms with van der Waals surface area (Å²) in [6.07, 6.45) is -6.09. The lowest BCUT2D eigenvalue weighted by atomic mass is 10.0. The number of hydrogen-bond donors (Lipinski definition) is 5. The number of aliphatic hydroxyl groups is 3. The Morgan fingerprint density at radius 1 is 1.35 bits per heavy atom. The Balaban J connectivity index is 5.15. The van der Waals surface area contributed by atoms with Gasteiger partial charge in [-0.2, -0.15) is 0 Å². The highest BCUT2D eigenvalue weighted by Crippen LogP contribution is 2.12. The van der Waals surface area contributed by atoms with Crippen LogP contribution in [-0.2, 0) is 19.1 Å². The van der Waals surface area contributed by atoms with Crippen LogP contribution in [-0.4, -0.2) is 75.7 Å². The summed E-state index contributed by atoms with van der Waals surface area (Å²) >= 11 is 0. The fourth-order valence-electron chi connectivity index (χ4n) is 1.43. The van der Waals surface area contributed by atoms with Crippen molar-refractivity contribution in [3.63, 3.8) is 0 Å². The maximum atomic E-state index is 11.0. The van der Waals surface area contributed by atoms with Crippen molar-refractivity contribution >= 4 is 18.2 Å². The molecule has 20 heavy (non-hydrogen) atoms. The Morgan fingerprint density at radius 2 is 1.90 bits per heavy atom. The van der Waals surface area contributed by atoms with Crippen LogP contribution >= 0.6 is 0 Å². The number of carboxylic acid groups (broad SMARTS) is 1. The molecule has 0 fully saturated rings. The number of ether oxygens (including phenoxy) is 1. The zero-order chi connectivity index (χ0) is 15.9. The highest BCUT2D eigenvalue weighted by atomic mass is 16.5. The van der Waals surface area contributed by atoms with Gasteiger partial charge in [-0.05, 0) is 6.92 Å². The second-order valence-electron chi connectivity index (χ2n) is 4.18. The maximum Gasteiger partial charge on any atom is 0.332 e. The Bertz CT molecular complexity index is 347. The van der Waals surface area contributed by atoms with Gasteiger partial charge < -0.3 is 35.3 Å². The summed E-state index contributed by atoms with van der Waals surface area (Å²) in [4.78, 5) is 32.7. The van der Waals surface area contributed by atoms with E-state index in [0.29, 0.717) is 0 Å². The van der Waals surface area contributed by atoms with Gasteiger partial charge in [-0.25, -0.2) is 4.79 Å². The van der Waals surface area contributed by atoms with Crippen molar-refractivity contribution in [3.05, 3.63) is 0 Å². The number of amides is 1. The summed E-state index contributed by atoms with van der Waals surface area (Å²) in [6, 6.07) is -1.37. The Morgan fingerprint density at radius 3 is 2.25 bits per heavy atom. The summed E-state index contributed by atoms with van der Waals surface area (Å²) in [6.45, 7) is 1.44. The van der Waals surface area contributed by atoms with E-state index in [1.54, 1.807) is 0 Å². The first kappa shape index (κ1) is 18.4. The fourth-order valence-corrected chi connectivity index (χ4v) is 1.43. The molecule has 0 aliphatic heterocycles. The quantitative estimate of drug-likeness (QED) is 0.287. The molecule has 0 aliphatic carbocycles. The lowest BCUT2D eigenvalue weighted by molar-refractivity contribution is -0.168. The molecule has 5 atom stereocenters. The highest BCUT2D eigenvalue weighted by molar-refractivity contribution is 5.77. The van der Waals surface area contributed by atoms with E-state index in [9.17, 15) is 24.6 Å². The molecular formula is C11H19NO8. The number of aliphatic hydroxyl groups excluding tert-OH is 3. The Kier molecular flexibility index (Phi) is 7.92. The molecule has 0 unspecified atom stereocenters. The topological polar surface area (TPSA) is 153 Å². The molecule has 9 nitrogen and oxygen atoms in total. The largest absolute Gasteiger partial charge is 0.479 e. The van der Waals surface area contributed by atoms with Gasteiger partial charge in [-0.1, -0.05) is 0 Å². The predicted octanol–water partition coefficient (Wildman–Crippen LogP) is -2.74. The van der Waals surface area contributed by atoms with Crippen molar-refractivity contribution in [2.45, 2.75) is 44.3 Å². The van der Waals surface area contributed by atoms with Crippen molar-refractivity contribution in [1.29, 1.82) is 0 Å². The SMILES string of the molecule is CC(=O)N[C@H](C=O)[C@H](O[C@H](C)C(=O)O)[C@@H](O)[C@H](O)CO.